The summed E-state index contributed by atoms with van der Waals surface area (Å²) in [5.74, 6) is 3.14. The van der Waals surface area contributed by atoms with Gasteiger partial charge in [-0.15, -0.1) is 0 Å². The Balaban J connectivity index is 1.41. The molecule has 0 saturated heterocycles. The number of aromatic amines is 2. The summed E-state index contributed by atoms with van der Waals surface area (Å²) < 4.78 is 13.2. The molecule has 4 heterocycles. The molecule has 0 aliphatic carbocycles. The number of nitrogens with one attached hydrogen (secondary N) is 2. The van der Waals surface area contributed by atoms with Crippen molar-refractivity contribution in [3.63, 3.8) is 0 Å². The van der Waals surface area contributed by atoms with Gasteiger partial charge >= 0.3 is 0 Å². The van der Waals surface area contributed by atoms with E-state index in [1.54, 1.807) is 0 Å². The van der Waals surface area contributed by atoms with Gasteiger partial charge in [0.25, 0.3) is 0 Å². The van der Waals surface area contributed by atoms with E-state index < -0.39 is 0 Å². The SMILES string of the molecule is Cc1cc(C)c(C(c2ccc[nH]2)c2ccc(-c3ccc(C(c4ccc[nH]4)c4c(C)cc(C)cc4C)o3)o2)c(C)c1. The molecule has 2 aromatic carbocycles. The largest absolute Gasteiger partial charge is 0.457 e. The monoisotopic (exact) mass is 528 g/mol. The highest BCUT2D eigenvalue weighted by Gasteiger charge is 2.28. The first-order chi connectivity index (χ1) is 19.3. The molecule has 0 fully saturated rings. The molecule has 4 aromatic heterocycles. The Labute approximate surface area is 236 Å². The van der Waals surface area contributed by atoms with Crippen LogP contribution in [0.2, 0.25) is 0 Å². The minimum atomic E-state index is -0.0386. The van der Waals surface area contributed by atoms with E-state index in [9.17, 15) is 0 Å². The standard InChI is InChI=1S/C36H36N2O2/c1-21-17-23(3)33(24(4)18-21)35(27-9-7-15-37-27)31-13-11-29(39-31)30-12-14-32(40-30)36(28-10-8-16-38-28)34-25(5)19-22(2)20-26(34)6/h7-20,35-38H,1-6H3. The summed E-state index contributed by atoms with van der Waals surface area (Å²) in [6.07, 6.45) is 3.94. The van der Waals surface area contributed by atoms with Crippen LogP contribution in [0.4, 0.5) is 0 Å². The molecule has 6 rings (SSSR count). The summed E-state index contributed by atoms with van der Waals surface area (Å²) in [4.78, 5) is 6.87. The topological polar surface area (TPSA) is 57.9 Å². The van der Waals surface area contributed by atoms with Crippen LogP contribution in [-0.4, -0.2) is 9.97 Å². The number of hydrogen-bond acceptors (Lipinski definition) is 2. The van der Waals surface area contributed by atoms with E-state index >= 15 is 0 Å². The number of aryl methyl sites for hydroxylation is 6. The van der Waals surface area contributed by atoms with Gasteiger partial charge in [0.15, 0.2) is 11.5 Å². The summed E-state index contributed by atoms with van der Waals surface area (Å²) in [7, 11) is 0. The molecule has 0 radical (unpaired) electrons. The number of H-pyrrole nitrogens is 2. The molecule has 0 aliphatic heterocycles. The molecule has 4 nitrogen and oxygen atoms in total. The summed E-state index contributed by atoms with van der Waals surface area (Å²) in [6.45, 7) is 13.0. The summed E-state index contributed by atoms with van der Waals surface area (Å²) in [5, 5.41) is 0. The molecule has 0 bridgehead atoms. The number of hydrogen-bond donors (Lipinski definition) is 2. The highest BCUT2D eigenvalue weighted by molar-refractivity contribution is 5.55. The minimum Gasteiger partial charge on any atom is -0.457 e. The summed E-state index contributed by atoms with van der Waals surface area (Å²) >= 11 is 0. The Morgan fingerprint density at radius 2 is 0.875 bits per heavy atom. The van der Waals surface area contributed by atoms with E-state index in [2.05, 4.69) is 100 Å². The second kappa shape index (κ2) is 10.3. The lowest BCUT2D eigenvalue weighted by Crippen LogP contribution is -2.07. The number of furan rings is 2. The molecule has 2 N–H and O–H groups in total. The van der Waals surface area contributed by atoms with Crippen molar-refractivity contribution in [1.29, 1.82) is 0 Å². The second-order valence-electron chi connectivity index (χ2n) is 11.1. The number of rotatable bonds is 7. The lowest BCUT2D eigenvalue weighted by molar-refractivity contribution is 0.466. The molecule has 6 aromatic rings. The molecule has 202 valence electrons. The molecular formula is C36H36N2O2. The fraction of sp³-hybridized carbons (Fsp3) is 0.222. The van der Waals surface area contributed by atoms with Crippen LogP contribution in [0.5, 0.6) is 0 Å². The van der Waals surface area contributed by atoms with E-state index in [-0.39, 0.29) is 11.8 Å². The van der Waals surface area contributed by atoms with Crippen LogP contribution in [0.25, 0.3) is 11.5 Å². The Bertz CT molecular complexity index is 1590. The van der Waals surface area contributed by atoms with Gasteiger partial charge in [-0.3, -0.25) is 0 Å². The zero-order chi connectivity index (χ0) is 28.0. The maximum absolute atomic E-state index is 6.58. The van der Waals surface area contributed by atoms with E-state index in [1.807, 2.05) is 36.7 Å². The maximum atomic E-state index is 6.58. The third kappa shape index (κ3) is 4.64. The van der Waals surface area contributed by atoms with E-state index in [1.165, 1.54) is 44.5 Å². The zero-order valence-electron chi connectivity index (χ0n) is 24.1. The third-order valence-electron chi connectivity index (χ3n) is 7.98. The molecule has 2 atom stereocenters. The quantitative estimate of drug-likeness (QED) is 0.217. The van der Waals surface area contributed by atoms with Gasteiger partial charge in [0, 0.05) is 23.8 Å². The second-order valence-corrected chi connectivity index (χ2v) is 11.1. The van der Waals surface area contributed by atoms with Crippen molar-refractivity contribution in [3.05, 3.63) is 153 Å². The normalized spacial score (nSPS) is 13.1. The van der Waals surface area contributed by atoms with Crippen molar-refractivity contribution >= 4 is 0 Å². The highest BCUT2D eigenvalue weighted by atomic mass is 16.4. The number of benzene rings is 2. The van der Waals surface area contributed by atoms with E-state index in [0.29, 0.717) is 0 Å². The average molecular weight is 529 g/mol. The average Bonchev–Trinajstić information content (AvgIpc) is 3.72. The first kappa shape index (κ1) is 25.8. The van der Waals surface area contributed by atoms with Crippen LogP contribution < -0.4 is 0 Å². The van der Waals surface area contributed by atoms with Gasteiger partial charge in [-0.25, -0.2) is 0 Å². The zero-order valence-corrected chi connectivity index (χ0v) is 24.1. The van der Waals surface area contributed by atoms with E-state index in [4.69, 9.17) is 8.83 Å². The van der Waals surface area contributed by atoms with Gasteiger partial charge in [0.05, 0.1) is 11.8 Å². The van der Waals surface area contributed by atoms with Gasteiger partial charge in [-0.1, -0.05) is 35.4 Å². The Kier molecular flexibility index (Phi) is 6.63. The molecule has 40 heavy (non-hydrogen) atoms. The van der Waals surface area contributed by atoms with Gasteiger partial charge < -0.3 is 18.8 Å². The molecule has 4 heteroatoms. The predicted octanol–water partition coefficient (Wildman–Crippen LogP) is 9.41. The Hall–Kier alpha value is -4.44. The van der Waals surface area contributed by atoms with Crippen LogP contribution in [0.15, 0.2) is 94.0 Å². The van der Waals surface area contributed by atoms with Crippen molar-refractivity contribution in [1.82, 2.24) is 9.97 Å². The van der Waals surface area contributed by atoms with Crippen LogP contribution in [-0.2, 0) is 0 Å². The molecule has 0 amide bonds. The lowest BCUT2D eigenvalue weighted by atomic mass is 9.86. The smallest absolute Gasteiger partial charge is 0.169 e. The van der Waals surface area contributed by atoms with Crippen LogP contribution in [0, 0.1) is 41.5 Å². The first-order valence-electron chi connectivity index (χ1n) is 13.9. The molecule has 2 unspecified atom stereocenters. The Morgan fingerprint density at radius 3 is 1.20 bits per heavy atom. The van der Waals surface area contributed by atoms with Crippen molar-refractivity contribution in [2.45, 2.75) is 53.4 Å². The summed E-state index contributed by atoms with van der Waals surface area (Å²) in [6, 6.07) is 25.5. The van der Waals surface area contributed by atoms with Crippen molar-refractivity contribution in [2.75, 3.05) is 0 Å². The van der Waals surface area contributed by atoms with Crippen molar-refractivity contribution < 1.29 is 8.83 Å². The fourth-order valence-corrected chi connectivity index (χ4v) is 6.52. The lowest BCUT2D eigenvalue weighted by Gasteiger charge is -2.20. The van der Waals surface area contributed by atoms with Crippen molar-refractivity contribution in [3.8, 4) is 11.5 Å². The fourth-order valence-electron chi connectivity index (χ4n) is 6.52. The Morgan fingerprint density at radius 1 is 0.500 bits per heavy atom. The predicted molar refractivity (Wildman–Crippen MR) is 161 cm³/mol. The van der Waals surface area contributed by atoms with Gasteiger partial charge in [-0.2, -0.15) is 0 Å². The van der Waals surface area contributed by atoms with Crippen LogP contribution in [0.3, 0.4) is 0 Å². The molecule has 0 spiro atoms. The third-order valence-corrected chi connectivity index (χ3v) is 7.98. The molecular weight excluding hydrogens is 492 g/mol. The number of aromatic nitrogens is 2. The van der Waals surface area contributed by atoms with Crippen LogP contribution >= 0.6 is 0 Å². The van der Waals surface area contributed by atoms with E-state index in [0.717, 1.165) is 34.4 Å². The van der Waals surface area contributed by atoms with Gasteiger partial charge in [-0.05, 0) is 123 Å². The summed E-state index contributed by atoms with van der Waals surface area (Å²) in [5.41, 5.74) is 12.3. The van der Waals surface area contributed by atoms with Crippen LogP contribution in [0.1, 0.15) is 79.3 Å². The van der Waals surface area contributed by atoms with Gasteiger partial charge in [0.2, 0.25) is 0 Å². The van der Waals surface area contributed by atoms with Gasteiger partial charge in [0.1, 0.15) is 11.5 Å². The molecule has 0 aliphatic rings. The van der Waals surface area contributed by atoms with Crippen molar-refractivity contribution in [2.24, 2.45) is 0 Å². The minimum absolute atomic E-state index is 0.0386. The highest BCUT2D eigenvalue weighted by Crippen LogP contribution is 2.41. The maximum Gasteiger partial charge on any atom is 0.169 e. The first-order valence-corrected chi connectivity index (χ1v) is 13.9. The molecule has 0 saturated carbocycles.